The second kappa shape index (κ2) is 5.49. The Balaban J connectivity index is 2.07. The summed E-state index contributed by atoms with van der Waals surface area (Å²) >= 11 is 3.15. The van der Waals surface area contributed by atoms with E-state index in [4.69, 9.17) is 0 Å². The molecule has 2 aromatic heterocycles. The second-order valence-electron chi connectivity index (χ2n) is 3.85. The Morgan fingerprint density at radius 1 is 1.44 bits per heavy atom. The van der Waals surface area contributed by atoms with Crippen molar-refractivity contribution in [2.24, 2.45) is 0 Å². The van der Waals surface area contributed by atoms with E-state index < -0.39 is 0 Å². The molecule has 0 saturated heterocycles. The van der Waals surface area contributed by atoms with Gasteiger partial charge in [0.2, 0.25) is 0 Å². The summed E-state index contributed by atoms with van der Waals surface area (Å²) in [5, 5.41) is 8.21. The number of esters is 1. The van der Waals surface area contributed by atoms with E-state index in [1.807, 2.05) is 6.92 Å². The van der Waals surface area contributed by atoms with Gasteiger partial charge in [0.05, 0.1) is 7.11 Å². The predicted octanol–water partition coefficient (Wildman–Crippen LogP) is 3.22. The van der Waals surface area contributed by atoms with Crippen molar-refractivity contribution in [1.82, 2.24) is 4.98 Å². The summed E-state index contributed by atoms with van der Waals surface area (Å²) < 4.78 is 4.68. The minimum atomic E-state index is -0.386. The van der Waals surface area contributed by atoms with E-state index in [1.54, 1.807) is 11.3 Å². The highest BCUT2D eigenvalue weighted by atomic mass is 32.1. The first kappa shape index (κ1) is 13.0. The van der Waals surface area contributed by atoms with Crippen molar-refractivity contribution < 1.29 is 9.53 Å². The summed E-state index contributed by atoms with van der Waals surface area (Å²) in [6.45, 7) is 4.67. The van der Waals surface area contributed by atoms with E-state index in [2.05, 4.69) is 32.7 Å². The standard InChI is InChI=1S/C12H14N2O2S2/c1-7-5-17-6-9(7)4-13-12-14-10(8(2)18-12)11(15)16-3/h5-6H,4H2,1-3H3,(H,13,14). The van der Waals surface area contributed by atoms with Gasteiger partial charge in [-0.25, -0.2) is 9.78 Å². The number of aromatic nitrogens is 1. The van der Waals surface area contributed by atoms with Crippen molar-refractivity contribution in [1.29, 1.82) is 0 Å². The molecule has 0 fully saturated rings. The van der Waals surface area contributed by atoms with E-state index in [1.165, 1.54) is 29.6 Å². The highest BCUT2D eigenvalue weighted by Crippen LogP contribution is 2.24. The minimum absolute atomic E-state index is 0.386. The summed E-state index contributed by atoms with van der Waals surface area (Å²) in [5.74, 6) is -0.386. The maximum Gasteiger partial charge on any atom is 0.357 e. The fourth-order valence-corrected chi connectivity index (χ4v) is 3.15. The molecule has 0 atom stereocenters. The first-order valence-corrected chi connectivity index (χ1v) is 7.19. The summed E-state index contributed by atoms with van der Waals surface area (Å²) in [7, 11) is 1.36. The third kappa shape index (κ3) is 2.70. The first-order chi connectivity index (χ1) is 8.61. The van der Waals surface area contributed by atoms with Gasteiger partial charge in [-0.05, 0) is 35.7 Å². The molecular formula is C12H14N2O2S2. The second-order valence-corrected chi connectivity index (χ2v) is 5.80. The van der Waals surface area contributed by atoms with Crippen LogP contribution in [0.25, 0.3) is 0 Å². The lowest BCUT2D eigenvalue weighted by molar-refractivity contribution is 0.0594. The molecule has 4 nitrogen and oxygen atoms in total. The van der Waals surface area contributed by atoms with Crippen LogP contribution in [0.2, 0.25) is 0 Å². The van der Waals surface area contributed by atoms with Gasteiger partial charge in [0.1, 0.15) is 0 Å². The zero-order chi connectivity index (χ0) is 13.1. The molecule has 0 spiro atoms. The Morgan fingerprint density at radius 2 is 2.22 bits per heavy atom. The molecule has 0 unspecified atom stereocenters. The molecule has 0 aliphatic rings. The number of ether oxygens (including phenoxy) is 1. The number of hydrogen-bond acceptors (Lipinski definition) is 6. The fourth-order valence-electron chi connectivity index (χ4n) is 1.50. The van der Waals surface area contributed by atoms with Crippen LogP contribution in [0.3, 0.4) is 0 Å². The van der Waals surface area contributed by atoms with E-state index in [0.29, 0.717) is 5.69 Å². The predicted molar refractivity (Wildman–Crippen MR) is 74.6 cm³/mol. The van der Waals surface area contributed by atoms with Crippen molar-refractivity contribution in [2.75, 3.05) is 12.4 Å². The van der Waals surface area contributed by atoms with Gasteiger partial charge in [-0.1, -0.05) is 0 Å². The Morgan fingerprint density at radius 3 is 2.83 bits per heavy atom. The first-order valence-electron chi connectivity index (χ1n) is 5.43. The highest BCUT2D eigenvalue weighted by Gasteiger charge is 2.15. The molecule has 6 heteroatoms. The number of nitrogens with one attached hydrogen (secondary N) is 1. The topological polar surface area (TPSA) is 51.2 Å². The molecule has 0 saturated carbocycles. The highest BCUT2D eigenvalue weighted by molar-refractivity contribution is 7.15. The number of rotatable bonds is 4. The van der Waals surface area contributed by atoms with Crippen molar-refractivity contribution in [2.45, 2.75) is 20.4 Å². The molecule has 2 rings (SSSR count). The number of aryl methyl sites for hydroxylation is 2. The van der Waals surface area contributed by atoms with Gasteiger partial charge in [0.15, 0.2) is 10.8 Å². The van der Waals surface area contributed by atoms with Gasteiger partial charge in [-0.3, -0.25) is 0 Å². The molecule has 0 amide bonds. The zero-order valence-electron chi connectivity index (χ0n) is 10.4. The maximum absolute atomic E-state index is 11.4. The molecular weight excluding hydrogens is 268 g/mol. The van der Waals surface area contributed by atoms with Crippen LogP contribution >= 0.6 is 22.7 Å². The Labute approximate surface area is 114 Å². The Bertz CT molecular complexity index is 560. The normalized spacial score (nSPS) is 10.4. The molecule has 2 heterocycles. The van der Waals surface area contributed by atoms with Crippen molar-refractivity contribution in [3.63, 3.8) is 0 Å². The molecule has 96 valence electrons. The van der Waals surface area contributed by atoms with Crippen molar-refractivity contribution in [3.05, 3.63) is 32.5 Å². The molecule has 0 aromatic carbocycles. The lowest BCUT2D eigenvalue weighted by Gasteiger charge is -2.01. The smallest absolute Gasteiger partial charge is 0.357 e. The van der Waals surface area contributed by atoms with Crippen LogP contribution in [-0.2, 0) is 11.3 Å². The molecule has 0 aliphatic carbocycles. The van der Waals surface area contributed by atoms with Crippen LogP contribution in [0.15, 0.2) is 10.8 Å². The lowest BCUT2D eigenvalue weighted by Crippen LogP contribution is -2.04. The molecule has 1 N–H and O–H groups in total. The average Bonchev–Trinajstić information content (AvgIpc) is 2.92. The number of carbonyl (C=O) groups excluding carboxylic acids is 1. The van der Waals surface area contributed by atoms with Gasteiger partial charge >= 0.3 is 5.97 Å². The number of methoxy groups -OCH3 is 1. The molecule has 2 aromatic rings. The number of nitrogens with zero attached hydrogens (tertiary/aromatic N) is 1. The van der Waals surface area contributed by atoms with Crippen LogP contribution in [0, 0.1) is 13.8 Å². The number of carbonyl (C=O) groups is 1. The number of thiophene rings is 1. The molecule has 0 radical (unpaired) electrons. The Kier molecular flexibility index (Phi) is 3.98. The Hall–Kier alpha value is -1.40. The minimum Gasteiger partial charge on any atom is -0.464 e. The lowest BCUT2D eigenvalue weighted by atomic mass is 10.2. The SMILES string of the molecule is COC(=O)c1nc(NCc2cscc2C)sc1C. The fraction of sp³-hybridized carbons (Fsp3) is 0.333. The summed E-state index contributed by atoms with van der Waals surface area (Å²) in [4.78, 5) is 16.5. The monoisotopic (exact) mass is 282 g/mol. The van der Waals surface area contributed by atoms with Crippen LogP contribution in [0.4, 0.5) is 5.13 Å². The van der Waals surface area contributed by atoms with Crippen LogP contribution in [0.5, 0.6) is 0 Å². The van der Waals surface area contributed by atoms with E-state index in [0.717, 1.165) is 16.6 Å². The summed E-state index contributed by atoms with van der Waals surface area (Å²) in [6, 6.07) is 0. The van der Waals surface area contributed by atoms with Gasteiger partial charge < -0.3 is 10.1 Å². The van der Waals surface area contributed by atoms with E-state index in [9.17, 15) is 4.79 Å². The number of anilines is 1. The van der Waals surface area contributed by atoms with Crippen LogP contribution in [0.1, 0.15) is 26.5 Å². The third-order valence-corrected chi connectivity index (χ3v) is 4.41. The average molecular weight is 282 g/mol. The molecule has 0 aliphatic heterocycles. The third-order valence-electron chi connectivity index (χ3n) is 2.57. The van der Waals surface area contributed by atoms with Crippen LogP contribution in [-0.4, -0.2) is 18.1 Å². The van der Waals surface area contributed by atoms with Crippen LogP contribution < -0.4 is 5.32 Å². The van der Waals surface area contributed by atoms with Crippen molar-refractivity contribution in [3.8, 4) is 0 Å². The van der Waals surface area contributed by atoms with Gasteiger partial charge in [0.25, 0.3) is 0 Å². The zero-order valence-corrected chi connectivity index (χ0v) is 12.1. The van der Waals surface area contributed by atoms with Gasteiger partial charge in [-0.2, -0.15) is 11.3 Å². The summed E-state index contributed by atoms with van der Waals surface area (Å²) in [5.41, 5.74) is 2.92. The number of hydrogen-bond donors (Lipinski definition) is 1. The van der Waals surface area contributed by atoms with Gasteiger partial charge in [0, 0.05) is 11.4 Å². The van der Waals surface area contributed by atoms with Crippen molar-refractivity contribution >= 4 is 33.8 Å². The summed E-state index contributed by atoms with van der Waals surface area (Å²) in [6.07, 6.45) is 0. The van der Waals surface area contributed by atoms with E-state index in [-0.39, 0.29) is 5.97 Å². The molecule has 18 heavy (non-hydrogen) atoms. The quantitative estimate of drug-likeness (QED) is 0.875. The molecule has 0 bridgehead atoms. The van der Waals surface area contributed by atoms with Gasteiger partial charge in [-0.15, -0.1) is 11.3 Å². The maximum atomic E-state index is 11.4. The number of thiazole rings is 1. The largest absolute Gasteiger partial charge is 0.464 e. The van der Waals surface area contributed by atoms with E-state index >= 15 is 0 Å².